The van der Waals surface area contributed by atoms with Crippen LogP contribution in [0.1, 0.15) is 23.7 Å². The Kier molecular flexibility index (Phi) is 4.35. The largest absolute Gasteiger partial charge is 0.479 e. The van der Waals surface area contributed by atoms with Gasteiger partial charge in [0.2, 0.25) is 0 Å². The summed E-state index contributed by atoms with van der Waals surface area (Å²) in [4.78, 5) is 11.1. The second-order valence-corrected chi connectivity index (χ2v) is 3.77. The Bertz CT molecular complexity index is 439. The van der Waals surface area contributed by atoms with Crippen molar-refractivity contribution in [3.05, 3.63) is 29.3 Å². The van der Waals surface area contributed by atoms with Gasteiger partial charge in [-0.15, -0.1) is 12.6 Å². The van der Waals surface area contributed by atoms with Gasteiger partial charge in [0, 0.05) is 16.9 Å². The van der Waals surface area contributed by atoms with Crippen molar-refractivity contribution < 1.29 is 15.0 Å². The van der Waals surface area contributed by atoms with Gasteiger partial charge in [-0.25, -0.2) is 4.79 Å². The Morgan fingerprint density at radius 3 is 2.81 bits per heavy atom. The summed E-state index contributed by atoms with van der Waals surface area (Å²) in [6, 6.07) is 6.96. The number of aryl methyl sites for hydroxylation is 1. The normalized spacial score (nSPS) is 11.8. The summed E-state index contributed by atoms with van der Waals surface area (Å²) in [6.45, 7) is 0. The molecule has 1 atom stereocenters. The smallest absolute Gasteiger partial charge is 0.337 e. The first-order valence-electron chi connectivity index (χ1n) is 4.66. The van der Waals surface area contributed by atoms with Gasteiger partial charge in [0.1, 0.15) is 0 Å². The van der Waals surface area contributed by atoms with Crippen LogP contribution in [-0.4, -0.2) is 16.2 Å². The minimum absolute atomic E-state index is 0.256. The predicted octanol–water partition coefficient (Wildman–Crippen LogP) is 1.55. The zero-order chi connectivity index (χ0) is 12.1. The molecule has 0 saturated carbocycles. The van der Waals surface area contributed by atoms with E-state index in [-0.39, 0.29) is 5.56 Å². The van der Waals surface area contributed by atoms with Crippen LogP contribution in [0.15, 0.2) is 23.1 Å². The molecule has 1 aromatic rings. The summed E-state index contributed by atoms with van der Waals surface area (Å²) >= 11 is 4.08. The van der Waals surface area contributed by atoms with E-state index in [0.29, 0.717) is 17.7 Å². The average Bonchev–Trinajstić information content (AvgIpc) is 2.27. The third-order valence-corrected chi connectivity index (χ3v) is 2.55. The topological polar surface area (TPSA) is 81.3 Å². The van der Waals surface area contributed by atoms with E-state index in [0.717, 1.165) is 5.56 Å². The van der Waals surface area contributed by atoms with Gasteiger partial charge in [0.15, 0.2) is 6.10 Å². The molecular weight excluding hydrogens is 226 g/mol. The number of hydrogen-bond acceptors (Lipinski definition) is 4. The molecule has 0 bridgehead atoms. The molecule has 0 saturated heterocycles. The molecule has 0 aliphatic rings. The number of carbonyl (C=O) groups is 1. The third kappa shape index (κ3) is 2.99. The first-order chi connectivity index (χ1) is 7.56. The van der Waals surface area contributed by atoms with E-state index in [9.17, 15) is 9.90 Å². The Morgan fingerprint density at radius 1 is 1.56 bits per heavy atom. The molecule has 0 spiro atoms. The van der Waals surface area contributed by atoms with E-state index in [1.165, 1.54) is 0 Å². The van der Waals surface area contributed by atoms with E-state index >= 15 is 0 Å². The monoisotopic (exact) mass is 237 g/mol. The second kappa shape index (κ2) is 5.54. The minimum Gasteiger partial charge on any atom is -0.479 e. The van der Waals surface area contributed by atoms with Crippen LogP contribution in [0.5, 0.6) is 0 Å². The van der Waals surface area contributed by atoms with Crippen molar-refractivity contribution in [1.82, 2.24) is 0 Å². The van der Waals surface area contributed by atoms with Crippen molar-refractivity contribution in [1.29, 1.82) is 5.26 Å². The van der Waals surface area contributed by atoms with E-state index in [1.54, 1.807) is 18.2 Å². The Labute approximate surface area is 98.6 Å². The van der Waals surface area contributed by atoms with Crippen LogP contribution in [-0.2, 0) is 11.2 Å². The first kappa shape index (κ1) is 12.6. The lowest BCUT2D eigenvalue weighted by atomic mass is 10.0. The maximum absolute atomic E-state index is 10.6. The molecule has 4 nitrogen and oxygen atoms in total. The van der Waals surface area contributed by atoms with Crippen LogP contribution < -0.4 is 0 Å². The van der Waals surface area contributed by atoms with Crippen LogP contribution >= 0.6 is 12.6 Å². The van der Waals surface area contributed by atoms with Crippen LogP contribution in [0.2, 0.25) is 0 Å². The molecule has 0 aliphatic heterocycles. The quantitative estimate of drug-likeness (QED) is 0.694. The number of carboxylic acids is 1. The molecule has 0 aromatic heterocycles. The van der Waals surface area contributed by atoms with Gasteiger partial charge in [-0.1, -0.05) is 12.1 Å². The van der Waals surface area contributed by atoms with E-state index in [4.69, 9.17) is 10.4 Å². The molecular formula is C11H11NO3S. The summed E-state index contributed by atoms with van der Waals surface area (Å²) in [5, 5.41) is 26.5. The van der Waals surface area contributed by atoms with Crippen molar-refractivity contribution in [2.24, 2.45) is 0 Å². The van der Waals surface area contributed by atoms with Gasteiger partial charge in [-0.2, -0.15) is 5.26 Å². The number of nitriles is 1. The molecule has 0 fully saturated rings. The SMILES string of the molecule is N#CCCc1ccc(S)c(C(O)C(=O)O)c1. The van der Waals surface area contributed by atoms with Crippen LogP contribution in [0.25, 0.3) is 0 Å². The molecule has 0 heterocycles. The Morgan fingerprint density at radius 2 is 2.25 bits per heavy atom. The molecule has 84 valence electrons. The summed E-state index contributed by atoms with van der Waals surface area (Å²) in [5.41, 5.74) is 1.07. The zero-order valence-corrected chi connectivity index (χ0v) is 9.32. The molecule has 0 radical (unpaired) electrons. The number of aliphatic hydroxyl groups excluding tert-OH is 1. The van der Waals surface area contributed by atoms with E-state index in [1.807, 2.05) is 6.07 Å². The number of hydrogen-bond donors (Lipinski definition) is 3. The lowest BCUT2D eigenvalue weighted by Gasteiger charge is -2.10. The number of rotatable bonds is 4. The van der Waals surface area contributed by atoms with Crippen molar-refractivity contribution in [3.63, 3.8) is 0 Å². The second-order valence-electron chi connectivity index (χ2n) is 3.29. The lowest BCUT2D eigenvalue weighted by molar-refractivity contribution is -0.147. The van der Waals surface area contributed by atoms with Gasteiger partial charge < -0.3 is 10.2 Å². The first-order valence-corrected chi connectivity index (χ1v) is 5.10. The highest BCUT2D eigenvalue weighted by Crippen LogP contribution is 2.23. The number of nitrogens with zero attached hydrogens (tertiary/aromatic N) is 1. The number of aliphatic carboxylic acids is 1. The fraction of sp³-hybridized carbons (Fsp3) is 0.273. The standard InChI is InChI=1S/C11H11NO3S/c12-5-1-2-7-3-4-9(16)8(6-7)10(13)11(14)15/h3-4,6,10,13,16H,1-2H2,(H,14,15). The fourth-order valence-electron chi connectivity index (χ4n) is 1.31. The minimum atomic E-state index is -1.57. The fourth-order valence-corrected chi connectivity index (χ4v) is 1.57. The molecule has 0 amide bonds. The molecule has 16 heavy (non-hydrogen) atoms. The number of benzene rings is 1. The molecule has 5 heteroatoms. The maximum atomic E-state index is 10.6. The van der Waals surface area contributed by atoms with Gasteiger partial charge in [0.25, 0.3) is 0 Å². The molecule has 0 aliphatic carbocycles. The number of carboxylic acid groups (broad SMARTS) is 1. The molecule has 2 N–H and O–H groups in total. The van der Waals surface area contributed by atoms with Crippen molar-refractivity contribution in [2.75, 3.05) is 0 Å². The highest BCUT2D eigenvalue weighted by Gasteiger charge is 2.18. The van der Waals surface area contributed by atoms with Crippen molar-refractivity contribution in [3.8, 4) is 6.07 Å². The van der Waals surface area contributed by atoms with Gasteiger partial charge in [-0.05, 0) is 18.1 Å². The summed E-state index contributed by atoms with van der Waals surface area (Å²) in [5.74, 6) is -1.31. The number of aliphatic hydroxyl groups is 1. The zero-order valence-electron chi connectivity index (χ0n) is 8.42. The highest BCUT2D eigenvalue weighted by molar-refractivity contribution is 7.80. The Balaban J connectivity index is 2.99. The van der Waals surface area contributed by atoms with Crippen LogP contribution in [0, 0.1) is 11.3 Å². The van der Waals surface area contributed by atoms with E-state index in [2.05, 4.69) is 12.6 Å². The summed E-state index contributed by atoms with van der Waals surface area (Å²) < 4.78 is 0. The lowest BCUT2D eigenvalue weighted by Crippen LogP contribution is -2.11. The van der Waals surface area contributed by atoms with Crippen molar-refractivity contribution in [2.45, 2.75) is 23.8 Å². The van der Waals surface area contributed by atoms with E-state index < -0.39 is 12.1 Å². The predicted molar refractivity (Wildman–Crippen MR) is 60.2 cm³/mol. The van der Waals surface area contributed by atoms with Gasteiger partial charge in [0.05, 0.1) is 6.07 Å². The average molecular weight is 237 g/mol. The Hall–Kier alpha value is -1.51. The molecule has 1 unspecified atom stereocenters. The maximum Gasteiger partial charge on any atom is 0.337 e. The number of thiol groups is 1. The highest BCUT2D eigenvalue weighted by atomic mass is 32.1. The molecule has 1 aromatic carbocycles. The van der Waals surface area contributed by atoms with Crippen LogP contribution in [0.4, 0.5) is 0 Å². The van der Waals surface area contributed by atoms with Crippen molar-refractivity contribution >= 4 is 18.6 Å². The van der Waals surface area contributed by atoms with Gasteiger partial charge in [-0.3, -0.25) is 0 Å². The summed E-state index contributed by atoms with van der Waals surface area (Å²) in [7, 11) is 0. The summed E-state index contributed by atoms with van der Waals surface area (Å²) in [6.07, 6.45) is -0.687. The van der Waals surface area contributed by atoms with Gasteiger partial charge >= 0.3 is 5.97 Å². The van der Waals surface area contributed by atoms with Crippen LogP contribution in [0.3, 0.4) is 0 Å². The third-order valence-electron chi connectivity index (χ3n) is 2.15. The molecule has 1 rings (SSSR count).